The predicted molar refractivity (Wildman–Crippen MR) is 111 cm³/mol. The van der Waals surface area contributed by atoms with Crippen LogP contribution in [0.2, 0.25) is 0 Å². The Kier molecular flexibility index (Phi) is 5.48. The fourth-order valence-corrected chi connectivity index (χ4v) is 5.07. The molecule has 5 heteroatoms. The Hall–Kier alpha value is -2.56. The van der Waals surface area contributed by atoms with Crippen LogP contribution in [0.3, 0.4) is 0 Å². The fraction of sp³-hybridized carbons (Fsp3) is 0.500. The zero-order valence-corrected chi connectivity index (χ0v) is 17.5. The largest absolute Gasteiger partial charge is 0.493 e. The van der Waals surface area contributed by atoms with E-state index >= 15 is 0 Å². The van der Waals surface area contributed by atoms with Gasteiger partial charge in [-0.2, -0.15) is 0 Å². The van der Waals surface area contributed by atoms with E-state index in [1.165, 1.54) is 0 Å². The van der Waals surface area contributed by atoms with E-state index in [1.54, 1.807) is 7.11 Å². The van der Waals surface area contributed by atoms with Gasteiger partial charge < -0.3 is 14.4 Å². The molecule has 1 aromatic rings. The van der Waals surface area contributed by atoms with Gasteiger partial charge in [-0.05, 0) is 57.2 Å². The Morgan fingerprint density at radius 2 is 1.55 bits per heavy atom. The van der Waals surface area contributed by atoms with E-state index in [1.807, 2.05) is 25.1 Å². The molecule has 0 amide bonds. The maximum Gasteiger partial charge on any atom is 0.161 e. The molecule has 0 fully saturated rings. The summed E-state index contributed by atoms with van der Waals surface area (Å²) in [5, 5.41) is 0. The molecule has 1 heterocycles. The average Bonchev–Trinajstić information content (AvgIpc) is 2.73. The SMILES string of the molecule is CCOc1cc(C2C3=C(CCCC3=O)N(CC)C3=C2C(=O)CCC3)ccc1OC. The van der Waals surface area contributed by atoms with Crippen LogP contribution >= 0.6 is 0 Å². The predicted octanol–water partition coefficient (Wildman–Crippen LogP) is 4.53. The van der Waals surface area contributed by atoms with Crippen LogP contribution in [0.1, 0.15) is 63.9 Å². The van der Waals surface area contributed by atoms with E-state index in [9.17, 15) is 9.59 Å². The lowest BCUT2D eigenvalue weighted by molar-refractivity contribution is -0.117. The third kappa shape index (κ3) is 3.26. The maximum atomic E-state index is 13.1. The third-order valence-corrected chi connectivity index (χ3v) is 6.22. The highest BCUT2D eigenvalue weighted by atomic mass is 16.5. The van der Waals surface area contributed by atoms with Crippen molar-refractivity contribution < 1.29 is 19.1 Å². The van der Waals surface area contributed by atoms with Gasteiger partial charge in [0.15, 0.2) is 23.1 Å². The van der Waals surface area contributed by atoms with Crippen LogP contribution in [0.4, 0.5) is 0 Å². The molecule has 0 aromatic heterocycles. The van der Waals surface area contributed by atoms with E-state index in [4.69, 9.17) is 9.47 Å². The number of carbonyl (C=O) groups excluding carboxylic acids is 2. The van der Waals surface area contributed by atoms with Crippen molar-refractivity contribution in [3.05, 3.63) is 46.3 Å². The highest BCUT2D eigenvalue weighted by Gasteiger charge is 2.42. The molecule has 0 N–H and O–H groups in total. The van der Waals surface area contributed by atoms with Gasteiger partial charge in [0.05, 0.1) is 13.7 Å². The van der Waals surface area contributed by atoms with Crippen molar-refractivity contribution in [3.63, 3.8) is 0 Å². The summed E-state index contributed by atoms with van der Waals surface area (Å²) >= 11 is 0. The Morgan fingerprint density at radius 1 is 0.931 bits per heavy atom. The molecule has 0 spiro atoms. The van der Waals surface area contributed by atoms with Crippen LogP contribution in [-0.4, -0.2) is 36.7 Å². The van der Waals surface area contributed by atoms with Gasteiger partial charge >= 0.3 is 0 Å². The number of methoxy groups -OCH3 is 1. The maximum absolute atomic E-state index is 13.1. The number of Topliss-reactive ketones (excluding diaryl/α,β-unsaturated/α-hetero) is 2. The van der Waals surface area contributed by atoms with E-state index in [-0.39, 0.29) is 17.5 Å². The molecular weight excluding hydrogens is 366 g/mol. The van der Waals surface area contributed by atoms with Gasteiger partial charge in [0, 0.05) is 47.8 Å². The van der Waals surface area contributed by atoms with Gasteiger partial charge in [0.1, 0.15) is 0 Å². The van der Waals surface area contributed by atoms with Gasteiger partial charge in [-0.25, -0.2) is 0 Å². The van der Waals surface area contributed by atoms with Gasteiger partial charge in [-0.3, -0.25) is 9.59 Å². The van der Waals surface area contributed by atoms with Crippen molar-refractivity contribution in [2.24, 2.45) is 0 Å². The molecule has 1 aromatic carbocycles. The highest BCUT2D eigenvalue weighted by molar-refractivity contribution is 6.06. The molecule has 154 valence electrons. The van der Waals surface area contributed by atoms with E-state index < -0.39 is 0 Å². The van der Waals surface area contributed by atoms with Crippen LogP contribution in [0.15, 0.2) is 40.7 Å². The fourth-order valence-electron chi connectivity index (χ4n) is 5.07. The van der Waals surface area contributed by atoms with Crippen molar-refractivity contribution in [1.82, 2.24) is 4.90 Å². The van der Waals surface area contributed by atoms with Crippen LogP contribution in [0, 0.1) is 0 Å². The van der Waals surface area contributed by atoms with Crippen molar-refractivity contribution in [1.29, 1.82) is 0 Å². The number of hydrogen-bond donors (Lipinski definition) is 0. The van der Waals surface area contributed by atoms with E-state index in [0.29, 0.717) is 30.9 Å². The minimum atomic E-state index is -0.298. The molecule has 0 saturated heterocycles. The first-order valence-corrected chi connectivity index (χ1v) is 10.7. The molecule has 5 nitrogen and oxygen atoms in total. The first-order valence-electron chi connectivity index (χ1n) is 10.7. The van der Waals surface area contributed by atoms with Crippen molar-refractivity contribution in [2.75, 3.05) is 20.3 Å². The first kappa shape index (κ1) is 19.7. The number of ether oxygens (including phenoxy) is 2. The number of ketones is 2. The van der Waals surface area contributed by atoms with E-state index in [0.717, 1.165) is 60.3 Å². The highest BCUT2D eigenvalue weighted by Crippen LogP contribution is 2.49. The van der Waals surface area contributed by atoms with Gasteiger partial charge in [-0.1, -0.05) is 6.07 Å². The minimum absolute atomic E-state index is 0.174. The lowest BCUT2D eigenvalue weighted by Gasteiger charge is -2.43. The van der Waals surface area contributed by atoms with Gasteiger partial charge in [0.25, 0.3) is 0 Å². The van der Waals surface area contributed by atoms with Crippen LogP contribution in [0.25, 0.3) is 0 Å². The molecule has 4 rings (SSSR count). The molecule has 0 saturated carbocycles. The number of allylic oxidation sites excluding steroid dienone is 4. The summed E-state index contributed by atoms with van der Waals surface area (Å²) in [4.78, 5) is 28.5. The van der Waals surface area contributed by atoms with Crippen molar-refractivity contribution in [2.45, 2.75) is 58.3 Å². The Labute approximate surface area is 172 Å². The summed E-state index contributed by atoms with van der Waals surface area (Å²) in [6.07, 6.45) is 4.65. The third-order valence-electron chi connectivity index (χ3n) is 6.22. The Morgan fingerprint density at radius 3 is 2.07 bits per heavy atom. The smallest absolute Gasteiger partial charge is 0.161 e. The van der Waals surface area contributed by atoms with Gasteiger partial charge in [0.2, 0.25) is 0 Å². The van der Waals surface area contributed by atoms with Crippen LogP contribution in [-0.2, 0) is 9.59 Å². The summed E-state index contributed by atoms with van der Waals surface area (Å²) in [6.45, 7) is 5.35. The summed E-state index contributed by atoms with van der Waals surface area (Å²) < 4.78 is 11.2. The van der Waals surface area contributed by atoms with Crippen LogP contribution < -0.4 is 9.47 Å². The Bertz CT molecular complexity index is 867. The molecule has 3 aliphatic rings. The molecule has 1 aliphatic heterocycles. The second-order valence-electron chi connectivity index (χ2n) is 7.79. The zero-order chi connectivity index (χ0) is 20.5. The number of nitrogens with zero attached hydrogens (tertiary/aromatic N) is 1. The second-order valence-corrected chi connectivity index (χ2v) is 7.79. The molecule has 0 radical (unpaired) electrons. The molecular formula is C24H29NO4. The van der Waals surface area contributed by atoms with E-state index in [2.05, 4.69) is 11.8 Å². The summed E-state index contributed by atoms with van der Waals surface area (Å²) in [5.41, 5.74) is 4.82. The molecule has 0 bridgehead atoms. The number of benzene rings is 1. The monoisotopic (exact) mass is 395 g/mol. The van der Waals surface area contributed by atoms with Crippen molar-refractivity contribution in [3.8, 4) is 11.5 Å². The number of carbonyl (C=O) groups is 2. The standard InChI is InChI=1S/C24H29NO4/c1-4-25-16-8-6-10-18(26)23(16)22(24-17(25)9-7-11-19(24)27)15-12-13-20(28-3)21(14-15)29-5-2/h12-14,22H,4-11H2,1-3H3. The van der Waals surface area contributed by atoms with Crippen LogP contribution in [0.5, 0.6) is 11.5 Å². The van der Waals surface area contributed by atoms with Gasteiger partial charge in [-0.15, -0.1) is 0 Å². The average molecular weight is 395 g/mol. The Balaban J connectivity index is 1.93. The second kappa shape index (κ2) is 8.05. The minimum Gasteiger partial charge on any atom is -0.493 e. The lowest BCUT2D eigenvalue weighted by atomic mass is 9.71. The quantitative estimate of drug-likeness (QED) is 0.733. The molecule has 0 unspecified atom stereocenters. The first-order chi connectivity index (χ1) is 14.1. The normalized spacial score (nSPS) is 20.0. The molecule has 2 aliphatic carbocycles. The molecule has 29 heavy (non-hydrogen) atoms. The molecule has 0 atom stereocenters. The summed E-state index contributed by atoms with van der Waals surface area (Å²) in [6, 6.07) is 5.81. The summed E-state index contributed by atoms with van der Waals surface area (Å²) in [5.74, 6) is 1.37. The topological polar surface area (TPSA) is 55.8 Å². The number of hydrogen-bond acceptors (Lipinski definition) is 5. The zero-order valence-electron chi connectivity index (χ0n) is 17.5. The summed E-state index contributed by atoms with van der Waals surface area (Å²) in [7, 11) is 1.62. The van der Waals surface area contributed by atoms with Crippen molar-refractivity contribution >= 4 is 11.6 Å². The lowest BCUT2D eigenvalue weighted by Crippen LogP contribution is -2.39. The number of rotatable bonds is 5.